The molecule has 0 amide bonds. The second kappa shape index (κ2) is 3.84. The Labute approximate surface area is 69.7 Å². The Kier molecular flexibility index (Phi) is 3.96. The van der Waals surface area contributed by atoms with Crippen molar-refractivity contribution in [3.8, 4) is 0 Å². The monoisotopic (exact) mass is 180 g/mol. The molecule has 0 heterocycles. The van der Waals surface area contributed by atoms with Crippen molar-refractivity contribution in [2.45, 2.75) is 32.6 Å². The van der Waals surface area contributed by atoms with Gasteiger partial charge in [-0.05, 0) is 0 Å². The van der Waals surface area contributed by atoms with Gasteiger partial charge in [0.05, 0.1) is 0 Å². The van der Waals surface area contributed by atoms with E-state index < -0.39 is 7.06 Å². The van der Waals surface area contributed by atoms with E-state index >= 15 is 0 Å². The first-order valence-corrected chi connectivity index (χ1v) is 7.54. The van der Waals surface area contributed by atoms with Crippen LogP contribution in [-0.4, -0.2) is 29.3 Å². The predicted octanol–water partition coefficient (Wildman–Crippen LogP) is 2.19. The quantitative estimate of drug-likeness (QED) is 0.503. The van der Waals surface area contributed by atoms with Gasteiger partial charge in [0.25, 0.3) is 0 Å². The first kappa shape index (κ1) is 11.4. The summed E-state index contributed by atoms with van der Waals surface area (Å²) in [6.07, 6.45) is 5.06. The molecule has 0 spiro atoms. The fraction of sp³-hybridized carbons (Fsp3) is 1.00. The van der Waals surface area contributed by atoms with Gasteiger partial charge in [-0.15, -0.1) is 0 Å². The van der Waals surface area contributed by atoms with Crippen LogP contribution in [0.2, 0.25) is 0 Å². The van der Waals surface area contributed by atoms with Crippen LogP contribution in [0.1, 0.15) is 32.6 Å². The molecule has 0 aliphatic rings. The minimum absolute atomic E-state index is 0.589. The number of hydrogen-bond acceptors (Lipinski definition) is 2. The molecule has 2 N–H and O–H groups in total. The zero-order valence-electron chi connectivity index (χ0n) is 7.88. The summed E-state index contributed by atoms with van der Waals surface area (Å²) in [5, 5.41) is 0. The Morgan fingerprint density at radius 2 is 1.55 bits per heavy atom. The summed E-state index contributed by atoms with van der Waals surface area (Å²) in [6, 6.07) is 0. The van der Waals surface area contributed by atoms with Gasteiger partial charge in [-0.1, -0.05) is 0 Å². The van der Waals surface area contributed by atoms with E-state index in [0.717, 1.165) is 12.8 Å². The Morgan fingerprint density at radius 3 is 1.91 bits per heavy atom. The van der Waals surface area contributed by atoms with Crippen molar-refractivity contribution in [3.63, 3.8) is 0 Å². The first-order chi connectivity index (χ1) is 4.81. The Balaban J connectivity index is 3.40. The molecule has 0 atom stereocenters. The molecule has 3 heteroatoms. The van der Waals surface area contributed by atoms with Crippen molar-refractivity contribution in [2.24, 2.45) is 0 Å². The van der Waals surface area contributed by atoms with Crippen LogP contribution in [0.3, 0.4) is 0 Å². The second-order valence-electron chi connectivity index (χ2n) is 4.04. The van der Waals surface area contributed by atoms with Crippen molar-refractivity contribution in [1.29, 1.82) is 0 Å². The molecule has 0 aliphatic carbocycles. The van der Waals surface area contributed by atoms with Crippen molar-refractivity contribution in [3.05, 3.63) is 0 Å². The van der Waals surface area contributed by atoms with Gasteiger partial charge >= 0.3 is 68.9 Å². The molecule has 11 heavy (non-hydrogen) atoms. The Morgan fingerprint density at radius 1 is 1.00 bits per heavy atom. The molecule has 0 unspecified atom stereocenters. The Bertz CT molecular complexity index is 106. The first-order valence-electron chi connectivity index (χ1n) is 4.32. The molecule has 0 radical (unpaired) electrons. The van der Waals surface area contributed by atoms with E-state index in [1.54, 1.807) is 13.3 Å². The van der Waals surface area contributed by atoms with E-state index in [1.807, 2.05) is 0 Å². The van der Waals surface area contributed by atoms with Gasteiger partial charge in [0.1, 0.15) is 0 Å². The second-order valence-corrected chi connectivity index (χ2v) is 8.99. The van der Waals surface area contributed by atoms with E-state index in [4.69, 9.17) is 0 Å². The summed E-state index contributed by atoms with van der Waals surface area (Å²) in [7, 11) is -3.16. The SMILES string of the molecule is CCCCCCP(C)(C)(O)O. The van der Waals surface area contributed by atoms with Gasteiger partial charge < -0.3 is 0 Å². The summed E-state index contributed by atoms with van der Waals surface area (Å²) in [4.78, 5) is 18.9. The van der Waals surface area contributed by atoms with Crippen LogP contribution in [0.4, 0.5) is 0 Å². The molecule has 0 fully saturated rings. The molecule has 0 aromatic carbocycles. The zero-order valence-corrected chi connectivity index (χ0v) is 8.77. The zero-order chi connectivity index (χ0) is 8.98. The standard InChI is InChI=1S/C8H21O2P/c1-4-5-6-7-8-11(2,3,9)10/h9-10H,4-8H2,1-3H3. The average Bonchev–Trinajstić information content (AvgIpc) is 1.76. The third kappa shape index (κ3) is 10.4. The molecular weight excluding hydrogens is 159 g/mol. The van der Waals surface area contributed by atoms with Gasteiger partial charge in [-0.2, -0.15) is 0 Å². The van der Waals surface area contributed by atoms with Crippen molar-refractivity contribution in [1.82, 2.24) is 0 Å². The van der Waals surface area contributed by atoms with Gasteiger partial charge in [-0.25, -0.2) is 0 Å². The summed E-state index contributed by atoms with van der Waals surface area (Å²) >= 11 is 0. The normalized spacial score (nSPS) is 15.9. The summed E-state index contributed by atoms with van der Waals surface area (Å²) in [5.41, 5.74) is 0. The molecule has 0 aromatic heterocycles. The van der Waals surface area contributed by atoms with Gasteiger partial charge in [0.2, 0.25) is 0 Å². The third-order valence-corrected chi connectivity index (χ3v) is 3.27. The van der Waals surface area contributed by atoms with Crippen molar-refractivity contribution in [2.75, 3.05) is 19.5 Å². The molecule has 0 saturated heterocycles. The summed E-state index contributed by atoms with van der Waals surface area (Å²) in [5.74, 6) is 0. The van der Waals surface area contributed by atoms with Crippen LogP contribution in [-0.2, 0) is 0 Å². The molecule has 0 bridgehead atoms. The maximum absolute atomic E-state index is 9.47. The summed E-state index contributed by atoms with van der Waals surface area (Å²) in [6.45, 7) is 5.31. The van der Waals surface area contributed by atoms with Crippen molar-refractivity contribution >= 4 is 7.06 Å². The fourth-order valence-corrected chi connectivity index (χ4v) is 2.14. The number of rotatable bonds is 5. The molecular formula is C8H21O2P. The molecule has 0 aromatic rings. The van der Waals surface area contributed by atoms with Gasteiger partial charge in [0, 0.05) is 0 Å². The van der Waals surface area contributed by atoms with Crippen LogP contribution in [0.15, 0.2) is 0 Å². The molecule has 0 rings (SSSR count). The van der Waals surface area contributed by atoms with Crippen LogP contribution in [0.5, 0.6) is 0 Å². The molecule has 2 nitrogen and oxygen atoms in total. The third-order valence-electron chi connectivity index (χ3n) is 1.66. The maximum atomic E-state index is 9.47. The van der Waals surface area contributed by atoms with E-state index in [0.29, 0.717) is 6.16 Å². The van der Waals surface area contributed by atoms with Crippen molar-refractivity contribution < 1.29 is 9.79 Å². The van der Waals surface area contributed by atoms with Gasteiger partial charge in [-0.3, -0.25) is 0 Å². The molecule has 70 valence electrons. The molecule has 0 saturated carbocycles. The van der Waals surface area contributed by atoms with E-state index in [1.165, 1.54) is 12.8 Å². The minimum atomic E-state index is -3.16. The van der Waals surface area contributed by atoms with Crippen LogP contribution in [0, 0.1) is 0 Å². The van der Waals surface area contributed by atoms with Gasteiger partial charge in [0.15, 0.2) is 0 Å². The van der Waals surface area contributed by atoms with E-state index in [9.17, 15) is 9.79 Å². The van der Waals surface area contributed by atoms with E-state index in [-0.39, 0.29) is 0 Å². The van der Waals surface area contributed by atoms with Crippen LogP contribution in [0.25, 0.3) is 0 Å². The average molecular weight is 180 g/mol. The van der Waals surface area contributed by atoms with E-state index in [2.05, 4.69) is 6.92 Å². The Hall–Kier alpha value is 0.350. The topological polar surface area (TPSA) is 40.5 Å². The molecule has 0 aliphatic heterocycles. The number of unbranched alkanes of at least 4 members (excludes halogenated alkanes) is 3. The number of hydrogen-bond donors (Lipinski definition) is 2. The van der Waals surface area contributed by atoms with Crippen LogP contribution < -0.4 is 0 Å². The summed E-state index contributed by atoms with van der Waals surface area (Å²) < 4.78 is 0. The predicted molar refractivity (Wildman–Crippen MR) is 52.2 cm³/mol. The fourth-order valence-electron chi connectivity index (χ4n) is 0.996. The van der Waals surface area contributed by atoms with Crippen LogP contribution >= 0.6 is 7.06 Å².